The third kappa shape index (κ3) is 4.45. The summed E-state index contributed by atoms with van der Waals surface area (Å²) < 4.78 is 29.1. The minimum atomic E-state index is -3.20. The molecule has 8 nitrogen and oxygen atoms in total. The van der Waals surface area contributed by atoms with Crippen molar-refractivity contribution < 1.29 is 23.4 Å². The van der Waals surface area contributed by atoms with Gasteiger partial charge in [0.05, 0.1) is 34.2 Å². The number of aliphatic hydroxyl groups is 2. The molecule has 2 aromatic heterocycles. The SMILES string of the molecule is CC1(S(C)(=O)=O)C=CC(c2ccc(-c3nc4nc(OC5CC(CO)(CO)C5)[nH]c4cc3Cl)cc2)=CC1. The largest absolute Gasteiger partial charge is 0.461 e. The highest BCUT2D eigenvalue weighted by molar-refractivity contribution is 7.92. The molecule has 1 atom stereocenters. The number of benzene rings is 1. The molecule has 10 heteroatoms. The van der Waals surface area contributed by atoms with Gasteiger partial charge in [-0.05, 0) is 43.4 Å². The molecule has 3 aromatic rings. The topological polar surface area (TPSA) is 125 Å². The van der Waals surface area contributed by atoms with Crippen molar-refractivity contribution in [3.63, 3.8) is 0 Å². The van der Waals surface area contributed by atoms with Gasteiger partial charge in [0, 0.05) is 17.2 Å². The average Bonchev–Trinajstić information content (AvgIpc) is 3.22. The second-order valence-electron chi connectivity index (χ2n) is 10.1. The number of pyridine rings is 1. The van der Waals surface area contributed by atoms with E-state index in [1.807, 2.05) is 36.4 Å². The Balaban J connectivity index is 1.33. The van der Waals surface area contributed by atoms with Gasteiger partial charge in [-0.3, -0.25) is 0 Å². The Hall–Kier alpha value is -2.72. The highest BCUT2D eigenvalue weighted by Gasteiger charge is 2.45. The fraction of sp³-hybridized carbons (Fsp3) is 0.385. The highest BCUT2D eigenvalue weighted by atomic mass is 35.5. The molecule has 1 aromatic carbocycles. The first-order chi connectivity index (χ1) is 17.0. The van der Waals surface area contributed by atoms with E-state index in [1.165, 1.54) is 6.26 Å². The number of aromatic nitrogens is 3. The van der Waals surface area contributed by atoms with Gasteiger partial charge < -0.3 is 19.9 Å². The third-order valence-corrected chi connectivity index (χ3v) is 9.64. The van der Waals surface area contributed by atoms with Crippen molar-refractivity contribution in [2.45, 2.75) is 37.0 Å². The number of halogens is 1. The van der Waals surface area contributed by atoms with Crippen LogP contribution in [0.25, 0.3) is 28.0 Å². The summed E-state index contributed by atoms with van der Waals surface area (Å²) in [6, 6.07) is 9.86. The number of allylic oxidation sites excluding steroid dienone is 3. The fourth-order valence-corrected chi connectivity index (χ4v) is 5.60. The fourth-order valence-electron chi connectivity index (χ4n) is 4.63. The van der Waals surface area contributed by atoms with Crippen LogP contribution in [0.2, 0.25) is 5.02 Å². The molecule has 5 rings (SSSR count). The van der Waals surface area contributed by atoms with Gasteiger partial charge in [0.15, 0.2) is 15.5 Å². The van der Waals surface area contributed by atoms with Crippen LogP contribution in [0, 0.1) is 5.41 Å². The first kappa shape index (κ1) is 25.0. The van der Waals surface area contributed by atoms with E-state index in [0.29, 0.717) is 47.2 Å². The molecule has 0 amide bonds. The summed E-state index contributed by atoms with van der Waals surface area (Å²) in [6.45, 7) is 1.58. The van der Waals surface area contributed by atoms with E-state index in [1.54, 1.807) is 19.1 Å². The number of rotatable bonds is 7. The van der Waals surface area contributed by atoms with Crippen molar-refractivity contribution in [1.82, 2.24) is 15.0 Å². The molecule has 1 unspecified atom stereocenters. The number of ether oxygens (including phenoxy) is 1. The van der Waals surface area contributed by atoms with E-state index < -0.39 is 20.0 Å². The van der Waals surface area contributed by atoms with E-state index in [9.17, 15) is 18.6 Å². The Morgan fingerprint density at radius 3 is 2.39 bits per heavy atom. The molecule has 0 bridgehead atoms. The van der Waals surface area contributed by atoms with Gasteiger partial charge in [-0.2, -0.15) is 4.98 Å². The molecular formula is C26H28ClN3O5S. The van der Waals surface area contributed by atoms with Crippen molar-refractivity contribution in [1.29, 1.82) is 0 Å². The van der Waals surface area contributed by atoms with Gasteiger partial charge in [-0.25, -0.2) is 13.4 Å². The molecule has 0 saturated heterocycles. The van der Waals surface area contributed by atoms with E-state index >= 15 is 0 Å². The number of nitrogens with zero attached hydrogens (tertiary/aromatic N) is 2. The molecule has 190 valence electrons. The normalized spacial score (nSPS) is 21.9. The van der Waals surface area contributed by atoms with Crippen LogP contribution in [-0.2, 0) is 9.84 Å². The van der Waals surface area contributed by atoms with E-state index in [-0.39, 0.29) is 19.3 Å². The summed E-state index contributed by atoms with van der Waals surface area (Å²) >= 11 is 6.54. The number of hydrogen-bond donors (Lipinski definition) is 3. The lowest BCUT2D eigenvalue weighted by atomic mass is 9.68. The minimum Gasteiger partial charge on any atom is -0.461 e. The minimum absolute atomic E-state index is 0.0730. The Labute approximate surface area is 214 Å². The van der Waals surface area contributed by atoms with Crippen molar-refractivity contribution in [3.05, 3.63) is 59.1 Å². The van der Waals surface area contributed by atoms with Crippen LogP contribution in [0.4, 0.5) is 0 Å². The predicted molar refractivity (Wildman–Crippen MR) is 140 cm³/mol. The van der Waals surface area contributed by atoms with Crippen LogP contribution >= 0.6 is 11.6 Å². The molecule has 0 aliphatic heterocycles. The van der Waals surface area contributed by atoms with Crippen LogP contribution in [0.15, 0.2) is 48.6 Å². The maximum absolute atomic E-state index is 12.1. The molecule has 1 fully saturated rings. The average molecular weight is 530 g/mol. The van der Waals surface area contributed by atoms with Crippen LogP contribution in [0.5, 0.6) is 6.01 Å². The Kier molecular flexibility index (Phi) is 6.23. The molecule has 2 heterocycles. The number of nitrogens with one attached hydrogen (secondary N) is 1. The lowest BCUT2D eigenvalue weighted by Crippen LogP contribution is -2.49. The Morgan fingerprint density at radius 2 is 1.81 bits per heavy atom. The maximum atomic E-state index is 12.1. The van der Waals surface area contributed by atoms with E-state index in [0.717, 1.165) is 16.7 Å². The van der Waals surface area contributed by atoms with Crippen molar-refractivity contribution in [2.24, 2.45) is 5.41 Å². The Morgan fingerprint density at radius 1 is 1.14 bits per heavy atom. The van der Waals surface area contributed by atoms with E-state index in [4.69, 9.17) is 16.3 Å². The quantitative estimate of drug-likeness (QED) is 0.423. The van der Waals surface area contributed by atoms with Gasteiger partial charge >= 0.3 is 0 Å². The smallest absolute Gasteiger partial charge is 0.296 e. The number of fused-ring (bicyclic) bond motifs is 1. The van der Waals surface area contributed by atoms with Crippen molar-refractivity contribution >= 4 is 38.2 Å². The number of hydrogen-bond acceptors (Lipinski definition) is 7. The number of aliphatic hydroxyl groups excluding tert-OH is 2. The molecule has 3 N–H and O–H groups in total. The van der Waals surface area contributed by atoms with Gasteiger partial charge in [0.25, 0.3) is 6.01 Å². The number of H-pyrrole nitrogens is 1. The summed E-state index contributed by atoms with van der Waals surface area (Å²) in [4.78, 5) is 12.2. The molecule has 1 saturated carbocycles. The van der Waals surface area contributed by atoms with Crippen molar-refractivity contribution in [3.8, 4) is 17.3 Å². The van der Waals surface area contributed by atoms with Gasteiger partial charge in [-0.15, -0.1) is 0 Å². The third-order valence-electron chi connectivity index (χ3n) is 7.36. The van der Waals surface area contributed by atoms with Crippen LogP contribution < -0.4 is 4.74 Å². The van der Waals surface area contributed by atoms with E-state index in [2.05, 4.69) is 15.0 Å². The molecule has 0 spiro atoms. The van der Waals surface area contributed by atoms with Gasteiger partial charge in [-0.1, -0.05) is 54.1 Å². The summed E-state index contributed by atoms with van der Waals surface area (Å²) in [7, 11) is -3.20. The number of sulfone groups is 1. The maximum Gasteiger partial charge on any atom is 0.296 e. The van der Waals surface area contributed by atoms with Crippen LogP contribution in [-0.4, -0.2) is 63.9 Å². The second kappa shape index (κ2) is 8.99. The monoisotopic (exact) mass is 529 g/mol. The molecular weight excluding hydrogens is 502 g/mol. The highest BCUT2D eigenvalue weighted by Crippen LogP contribution is 2.42. The zero-order valence-corrected chi connectivity index (χ0v) is 21.6. The number of imidazole rings is 1. The zero-order chi connectivity index (χ0) is 25.7. The summed E-state index contributed by atoms with van der Waals surface area (Å²) in [5.41, 5.74) is 4.00. The Bertz CT molecular complexity index is 1470. The molecule has 2 aliphatic carbocycles. The summed E-state index contributed by atoms with van der Waals surface area (Å²) in [5.74, 6) is 0. The summed E-state index contributed by atoms with van der Waals surface area (Å²) in [5, 5.41) is 19.4. The van der Waals surface area contributed by atoms with Gasteiger partial charge in [0.2, 0.25) is 0 Å². The van der Waals surface area contributed by atoms with Gasteiger partial charge in [0.1, 0.15) is 6.10 Å². The van der Waals surface area contributed by atoms with Crippen LogP contribution in [0.1, 0.15) is 31.7 Å². The predicted octanol–water partition coefficient (Wildman–Crippen LogP) is 3.94. The first-order valence-corrected chi connectivity index (χ1v) is 14.0. The molecule has 36 heavy (non-hydrogen) atoms. The second-order valence-corrected chi connectivity index (χ2v) is 12.9. The summed E-state index contributed by atoms with van der Waals surface area (Å²) in [6.07, 6.45) is 8.23. The standard InChI is InChI=1S/C26H28ClN3O5S/c1-25(36(2,33)34)9-7-17(8-10-25)16-3-5-18(6-4-16)22-20(27)11-21-23(29-22)30-24(28-21)35-19-12-26(13-19,14-31)15-32/h3-9,11,19,31-32H,10,12-15H2,1-2H3,(H,28,29,30). The number of aromatic amines is 1. The molecule has 0 radical (unpaired) electrons. The lowest BCUT2D eigenvalue weighted by Gasteiger charge is -2.44. The zero-order valence-electron chi connectivity index (χ0n) is 20.0. The lowest BCUT2D eigenvalue weighted by molar-refractivity contribution is -0.0835. The molecule has 2 aliphatic rings. The first-order valence-electron chi connectivity index (χ1n) is 11.7. The van der Waals surface area contributed by atoms with Crippen LogP contribution in [0.3, 0.4) is 0 Å². The van der Waals surface area contributed by atoms with Crippen molar-refractivity contribution in [2.75, 3.05) is 19.5 Å².